The van der Waals surface area contributed by atoms with Crippen LogP contribution in [0.3, 0.4) is 0 Å². The molecule has 0 amide bonds. The number of hydrogen-bond acceptors (Lipinski definition) is 22. The zero-order valence-electron chi connectivity index (χ0n) is 24.2. The van der Waals surface area contributed by atoms with Crippen molar-refractivity contribution in [1.29, 1.82) is 0 Å². The number of benzene rings is 3. The Morgan fingerprint density at radius 1 is 0.640 bits per heavy atom. The average Bonchev–Trinajstić information content (AvgIpc) is 3.42. The standard InChI is InChI=1S/C27H21O22P/c28-11-1-8(2-12(29)18(11)34)22(38)43-7-17-21(37)25(45-23(39)9-3-13(30)19(35)14(31)4-9)26(41)27(44-17,49-50(42,47-25)48-26)46-24(40)10-5-15(32)20(36)16(33)6-10/h1-6,17,21,28-37,41H,7H2/t17-,21-,25+,26-,27+,50?/m1/s1. The van der Waals surface area contributed by atoms with Crippen molar-refractivity contribution in [2.45, 2.75) is 29.8 Å². The fourth-order valence-corrected chi connectivity index (χ4v) is 6.80. The van der Waals surface area contributed by atoms with Crippen LogP contribution in [0.2, 0.25) is 0 Å². The molecule has 3 aliphatic rings. The third-order valence-corrected chi connectivity index (χ3v) is 8.87. The number of aliphatic hydroxyl groups is 2. The van der Waals surface area contributed by atoms with Gasteiger partial charge >= 0.3 is 43.3 Å². The Labute approximate surface area is 274 Å². The zero-order valence-corrected chi connectivity index (χ0v) is 25.1. The lowest BCUT2D eigenvalue weighted by Crippen LogP contribution is -2.80. The molecule has 22 nitrogen and oxygen atoms in total. The van der Waals surface area contributed by atoms with Crippen LogP contribution in [0.4, 0.5) is 0 Å². The first kappa shape index (κ1) is 34.1. The number of carbonyl (C=O) groups excluding carboxylic acids is 3. The fraction of sp³-hybridized carbons (Fsp3) is 0.222. The SMILES string of the molecule is O=C(OC[C@H]1O[C@@]2(OC(=O)c3cc(O)c(O)c(O)c3)OP3(=O)O[C@@](OC(=O)c4cc(O)c(O)c(O)c4)([C@@H]1O)[C@@]2(O)O3)c1cc(O)c(O)c(O)c1. The first-order valence-corrected chi connectivity index (χ1v) is 14.9. The summed E-state index contributed by atoms with van der Waals surface area (Å²) in [4.78, 5) is 39.3. The number of esters is 3. The molecule has 11 N–H and O–H groups in total. The third-order valence-electron chi connectivity index (χ3n) is 7.42. The van der Waals surface area contributed by atoms with E-state index in [1.807, 2.05) is 0 Å². The summed E-state index contributed by atoms with van der Waals surface area (Å²) in [6, 6.07) is 3.48. The van der Waals surface area contributed by atoms with Crippen LogP contribution in [0, 0.1) is 0 Å². The normalized spacial score (nSPS) is 29.3. The molecule has 6 rings (SSSR count). The Balaban J connectivity index is 1.40. The van der Waals surface area contributed by atoms with Crippen LogP contribution in [0.15, 0.2) is 36.4 Å². The minimum Gasteiger partial charge on any atom is -0.504 e. The number of phenols is 9. The average molecular weight is 728 g/mol. The second-order valence-corrected chi connectivity index (χ2v) is 12.1. The Morgan fingerprint density at radius 2 is 1.04 bits per heavy atom. The molecule has 0 radical (unpaired) electrons. The van der Waals surface area contributed by atoms with Crippen molar-refractivity contribution in [1.82, 2.24) is 0 Å². The molecule has 0 aliphatic carbocycles. The minimum absolute atomic E-state index is 0.537. The highest BCUT2D eigenvalue weighted by molar-refractivity contribution is 7.49. The number of phenolic OH excluding ortho intramolecular Hbond substituents is 9. The first-order valence-electron chi connectivity index (χ1n) is 13.4. The van der Waals surface area contributed by atoms with E-state index in [4.69, 9.17) is 32.5 Å². The van der Waals surface area contributed by atoms with Crippen LogP contribution in [0.1, 0.15) is 31.1 Å². The Bertz CT molecular complexity index is 1960. The van der Waals surface area contributed by atoms with Crippen LogP contribution >= 0.6 is 7.82 Å². The third kappa shape index (κ3) is 4.97. The van der Waals surface area contributed by atoms with Gasteiger partial charge in [-0.25, -0.2) is 32.5 Å². The predicted molar refractivity (Wildman–Crippen MR) is 148 cm³/mol. The molecule has 3 heterocycles. The van der Waals surface area contributed by atoms with E-state index < -0.39 is 131 Å². The van der Waals surface area contributed by atoms with Gasteiger partial charge in [0, 0.05) is 0 Å². The topological polar surface area (TPSA) is 355 Å². The van der Waals surface area contributed by atoms with Crippen molar-refractivity contribution in [2.24, 2.45) is 0 Å². The lowest BCUT2D eigenvalue weighted by molar-refractivity contribution is -0.520. The number of carbonyl (C=O) groups is 3. The van der Waals surface area contributed by atoms with E-state index in [-0.39, 0.29) is 0 Å². The maximum absolute atomic E-state index is 13.4. The largest absolute Gasteiger partial charge is 0.504 e. The summed E-state index contributed by atoms with van der Waals surface area (Å²) in [6.07, 6.45) is -4.89. The van der Waals surface area contributed by atoms with Crippen molar-refractivity contribution in [3.8, 4) is 51.7 Å². The number of phosphoric acid groups is 1. The summed E-state index contributed by atoms with van der Waals surface area (Å²) in [7, 11) is -5.32. The number of phosphoric ester groups is 1. The number of rotatable bonds is 7. The van der Waals surface area contributed by atoms with E-state index in [0.29, 0.717) is 36.4 Å². The van der Waals surface area contributed by atoms with Gasteiger partial charge in [-0.05, 0) is 36.4 Å². The van der Waals surface area contributed by atoms with Gasteiger partial charge in [0.1, 0.15) is 12.7 Å². The molecule has 50 heavy (non-hydrogen) atoms. The van der Waals surface area contributed by atoms with E-state index in [1.54, 1.807) is 0 Å². The summed E-state index contributed by atoms with van der Waals surface area (Å²) in [6.45, 7) is -1.21. The fourth-order valence-electron chi connectivity index (χ4n) is 5.02. The van der Waals surface area contributed by atoms with Crippen molar-refractivity contribution in [3.63, 3.8) is 0 Å². The first-order chi connectivity index (χ1) is 23.2. The lowest BCUT2D eigenvalue weighted by Gasteiger charge is -2.53. The van der Waals surface area contributed by atoms with Gasteiger partial charge in [-0.1, -0.05) is 0 Å². The van der Waals surface area contributed by atoms with Crippen molar-refractivity contribution in [3.05, 3.63) is 53.1 Å². The highest BCUT2D eigenvalue weighted by atomic mass is 31.2. The molecule has 3 aromatic carbocycles. The number of aliphatic hydroxyl groups excluding tert-OH is 1. The highest BCUT2D eigenvalue weighted by Gasteiger charge is 2.94. The second kappa shape index (κ2) is 11.1. The molecule has 0 spiro atoms. The van der Waals surface area contributed by atoms with Gasteiger partial charge in [0.15, 0.2) is 57.8 Å². The second-order valence-electron chi connectivity index (χ2n) is 10.7. The Kier molecular flexibility index (Phi) is 7.61. The maximum atomic E-state index is 13.4. The quantitative estimate of drug-likeness (QED) is 0.0654. The van der Waals surface area contributed by atoms with E-state index >= 15 is 0 Å². The molecule has 2 bridgehead atoms. The van der Waals surface area contributed by atoms with Gasteiger partial charge in [0.05, 0.1) is 16.7 Å². The maximum Gasteiger partial charge on any atom is 0.486 e. The van der Waals surface area contributed by atoms with Gasteiger partial charge in [-0.2, -0.15) is 0 Å². The number of aromatic hydroxyl groups is 9. The molecule has 6 atom stereocenters. The van der Waals surface area contributed by atoms with Crippen molar-refractivity contribution >= 4 is 25.7 Å². The molecular formula is C27H21O22P. The van der Waals surface area contributed by atoms with Crippen LogP contribution in [0.25, 0.3) is 0 Å². The molecule has 0 aromatic heterocycles. The number of ether oxygens (including phenoxy) is 4. The Hall–Kier alpha value is -5.74. The molecule has 23 heteroatoms. The highest BCUT2D eigenvalue weighted by Crippen LogP contribution is 2.78. The van der Waals surface area contributed by atoms with Crippen LogP contribution in [0.5, 0.6) is 51.7 Å². The summed E-state index contributed by atoms with van der Waals surface area (Å²) in [5.41, 5.74) is -2.21. The summed E-state index contributed by atoms with van der Waals surface area (Å²) in [5, 5.41) is 111. The minimum atomic E-state index is -5.32. The molecule has 266 valence electrons. The van der Waals surface area contributed by atoms with Crippen LogP contribution < -0.4 is 0 Å². The molecular weight excluding hydrogens is 707 g/mol. The Morgan fingerprint density at radius 3 is 1.46 bits per heavy atom. The van der Waals surface area contributed by atoms with Gasteiger partial charge in [0.2, 0.25) is 0 Å². The van der Waals surface area contributed by atoms with E-state index in [0.717, 1.165) is 0 Å². The smallest absolute Gasteiger partial charge is 0.486 e. The molecule has 0 saturated carbocycles. The zero-order chi connectivity index (χ0) is 36.7. The number of fused-ring (bicyclic) bond motifs is 1. The lowest BCUT2D eigenvalue weighted by atomic mass is 9.89. The van der Waals surface area contributed by atoms with Gasteiger partial charge in [-0.15, -0.1) is 0 Å². The van der Waals surface area contributed by atoms with E-state index in [9.17, 15) is 75.1 Å². The van der Waals surface area contributed by atoms with Crippen LogP contribution in [-0.2, 0) is 37.1 Å². The summed E-state index contributed by atoms with van der Waals surface area (Å²) >= 11 is 0. The monoisotopic (exact) mass is 728 g/mol. The molecule has 3 aliphatic heterocycles. The molecule has 3 fully saturated rings. The van der Waals surface area contributed by atoms with E-state index in [2.05, 4.69) is 0 Å². The van der Waals surface area contributed by atoms with Gasteiger partial charge in [-0.3, -0.25) is 0 Å². The van der Waals surface area contributed by atoms with Crippen LogP contribution in [-0.4, -0.2) is 110 Å². The summed E-state index contributed by atoms with van der Waals surface area (Å²) < 4.78 is 49.3. The number of hydrogen-bond donors (Lipinski definition) is 11. The van der Waals surface area contributed by atoms with Gasteiger partial charge < -0.3 is 75.1 Å². The van der Waals surface area contributed by atoms with E-state index in [1.165, 1.54) is 0 Å². The molecule has 3 aromatic rings. The van der Waals surface area contributed by atoms with Crippen molar-refractivity contribution < 1.29 is 108 Å². The molecule has 3 saturated heterocycles. The summed E-state index contributed by atoms with van der Waals surface area (Å²) in [5.74, 6) is -25.1. The molecule has 1 unspecified atom stereocenters. The predicted octanol–water partition coefficient (Wildman–Crippen LogP) is -0.109. The van der Waals surface area contributed by atoms with Crippen molar-refractivity contribution in [2.75, 3.05) is 6.61 Å². The van der Waals surface area contributed by atoms with Gasteiger partial charge in [0.25, 0.3) is 0 Å².